The van der Waals surface area contributed by atoms with Crippen LogP contribution in [0.2, 0.25) is 0 Å². The van der Waals surface area contributed by atoms with Gasteiger partial charge in [-0.2, -0.15) is 0 Å². The number of rotatable bonds is 5. The lowest BCUT2D eigenvalue weighted by atomic mass is 10.1. The highest BCUT2D eigenvalue weighted by Crippen LogP contribution is 2.23. The number of amides is 1. The van der Waals surface area contributed by atoms with E-state index in [9.17, 15) is 9.18 Å². The van der Waals surface area contributed by atoms with Crippen molar-refractivity contribution in [2.24, 2.45) is 0 Å². The fourth-order valence-electron chi connectivity index (χ4n) is 3.17. The van der Waals surface area contributed by atoms with Gasteiger partial charge in [-0.1, -0.05) is 36.4 Å². The van der Waals surface area contributed by atoms with Crippen LogP contribution in [0.4, 0.5) is 4.39 Å². The molecule has 0 unspecified atom stereocenters. The first-order valence-electron chi connectivity index (χ1n) is 8.76. The normalized spacial score (nSPS) is 11.0. The molecule has 4 rings (SSSR count). The summed E-state index contributed by atoms with van der Waals surface area (Å²) < 4.78 is 20.5. The van der Waals surface area contributed by atoms with Crippen LogP contribution in [-0.2, 0) is 13.1 Å². The molecule has 0 aliphatic rings. The summed E-state index contributed by atoms with van der Waals surface area (Å²) in [5, 5.41) is 2.90. The van der Waals surface area contributed by atoms with Crippen molar-refractivity contribution in [1.82, 2.24) is 9.88 Å². The van der Waals surface area contributed by atoms with E-state index in [1.165, 1.54) is 17.7 Å². The number of fused-ring (bicyclic) bond motifs is 1. The van der Waals surface area contributed by atoms with Crippen molar-refractivity contribution in [3.63, 3.8) is 0 Å². The molecule has 136 valence electrons. The predicted octanol–water partition coefficient (Wildman–Crippen LogP) is 4.66. The summed E-state index contributed by atoms with van der Waals surface area (Å²) in [5.74, 6) is -0.489. The zero-order chi connectivity index (χ0) is 18.8. The van der Waals surface area contributed by atoms with Crippen LogP contribution in [0.1, 0.15) is 27.2 Å². The molecule has 0 saturated heterocycles. The van der Waals surface area contributed by atoms with Crippen molar-refractivity contribution in [2.75, 3.05) is 0 Å². The van der Waals surface area contributed by atoms with Crippen LogP contribution in [0.25, 0.3) is 11.1 Å². The SMILES string of the molecule is Cc1ccccc1Cn1c(C(=O)NCc2ccc(F)cc2)cc2occc21. The number of halogens is 1. The molecule has 0 saturated carbocycles. The molecule has 0 aliphatic heterocycles. The van der Waals surface area contributed by atoms with Crippen LogP contribution >= 0.6 is 0 Å². The maximum absolute atomic E-state index is 13.0. The maximum atomic E-state index is 13.0. The molecule has 27 heavy (non-hydrogen) atoms. The summed E-state index contributed by atoms with van der Waals surface area (Å²) in [6, 6.07) is 17.8. The average molecular weight is 362 g/mol. The van der Waals surface area contributed by atoms with Crippen LogP contribution in [0.15, 0.2) is 71.3 Å². The monoisotopic (exact) mass is 362 g/mol. The zero-order valence-corrected chi connectivity index (χ0v) is 14.9. The fourth-order valence-corrected chi connectivity index (χ4v) is 3.17. The number of benzene rings is 2. The first-order valence-corrected chi connectivity index (χ1v) is 8.76. The molecule has 2 aromatic carbocycles. The quantitative estimate of drug-likeness (QED) is 0.561. The summed E-state index contributed by atoms with van der Waals surface area (Å²) in [4.78, 5) is 12.8. The van der Waals surface area contributed by atoms with Gasteiger partial charge in [0.05, 0.1) is 11.8 Å². The van der Waals surface area contributed by atoms with Crippen molar-refractivity contribution < 1.29 is 13.6 Å². The summed E-state index contributed by atoms with van der Waals surface area (Å²) >= 11 is 0. The minimum absolute atomic E-state index is 0.195. The molecule has 2 aromatic heterocycles. The highest BCUT2D eigenvalue weighted by Gasteiger charge is 2.18. The molecule has 0 atom stereocenters. The third kappa shape index (κ3) is 3.49. The molecule has 0 bridgehead atoms. The van der Waals surface area contributed by atoms with Crippen molar-refractivity contribution in [1.29, 1.82) is 0 Å². The summed E-state index contributed by atoms with van der Waals surface area (Å²) in [7, 11) is 0. The Kier molecular flexibility index (Phi) is 4.50. The van der Waals surface area contributed by atoms with Crippen LogP contribution in [0.5, 0.6) is 0 Å². The van der Waals surface area contributed by atoms with Crippen LogP contribution < -0.4 is 5.32 Å². The topological polar surface area (TPSA) is 47.2 Å². The number of carbonyl (C=O) groups excluding carboxylic acids is 1. The van der Waals surface area contributed by atoms with Crippen LogP contribution in [-0.4, -0.2) is 10.5 Å². The highest BCUT2D eigenvalue weighted by molar-refractivity contribution is 5.97. The van der Waals surface area contributed by atoms with Gasteiger partial charge in [0.2, 0.25) is 0 Å². The third-order valence-corrected chi connectivity index (χ3v) is 4.71. The molecule has 0 fully saturated rings. The van der Waals surface area contributed by atoms with E-state index in [1.807, 2.05) is 22.8 Å². The molecule has 1 amide bonds. The molecule has 0 spiro atoms. The average Bonchev–Trinajstić information content (AvgIpc) is 3.25. The Bertz CT molecular complexity index is 1090. The Labute approximate surface area is 156 Å². The van der Waals surface area contributed by atoms with Crippen molar-refractivity contribution in [3.05, 3.63) is 95.1 Å². The van der Waals surface area contributed by atoms with E-state index in [1.54, 1.807) is 24.5 Å². The van der Waals surface area contributed by atoms with Crippen LogP contribution in [0, 0.1) is 12.7 Å². The number of carbonyl (C=O) groups is 1. The van der Waals surface area contributed by atoms with Crippen LogP contribution in [0.3, 0.4) is 0 Å². The standard InChI is InChI=1S/C22H19FN2O2/c1-15-4-2-3-5-17(15)14-25-19-10-11-27-21(19)12-20(25)22(26)24-13-16-6-8-18(23)9-7-16/h2-12H,13-14H2,1H3,(H,24,26). The number of aromatic nitrogens is 1. The first-order chi connectivity index (χ1) is 13.1. The molecule has 4 aromatic rings. The van der Waals surface area contributed by atoms with Gasteiger partial charge in [0.25, 0.3) is 5.91 Å². The number of hydrogen-bond donors (Lipinski definition) is 1. The van der Waals surface area contributed by atoms with Gasteiger partial charge < -0.3 is 14.3 Å². The minimum atomic E-state index is -0.294. The van der Waals surface area contributed by atoms with Gasteiger partial charge in [-0.3, -0.25) is 4.79 Å². The van der Waals surface area contributed by atoms with Crippen molar-refractivity contribution in [2.45, 2.75) is 20.0 Å². The van der Waals surface area contributed by atoms with E-state index in [0.717, 1.165) is 16.6 Å². The lowest BCUT2D eigenvalue weighted by molar-refractivity contribution is 0.0942. The number of hydrogen-bond acceptors (Lipinski definition) is 2. The molecular formula is C22H19FN2O2. The highest BCUT2D eigenvalue weighted by atomic mass is 19.1. The van der Waals surface area contributed by atoms with Gasteiger partial charge in [0.15, 0.2) is 5.58 Å². The van der Waals surface area contributed by atoms with E-state index in [0.29, 0.717) is 24.4 Å². The Balaban J connectivity index is 1.61. The molecule has 0 aliphatic carbocycles. The molecular weight excluding hydrogens is 343 g/mol. The minimum Gasteiger partial charge on any atom is -0.463 e. The Morgan fingerprint density at radius 3 is 2.67 bits per heavy atom. The van der Waals surface area contributed by atoms with Gasteiger partial charge >= 0.3 is 0 Å². The third-order valence-electron chi connectivity index (χ3n) is 4.71. The van der Waals surface area contributed by atoms with Gasteiger partial charge in [-0.25, -0.2) is 4.39 Å². The van der Waals surface area contributed by atoms with E-state index in [-0.39, 0.29) is 11.7 Å². The van der Waals surface area contributed by atoms with Gasteiger partial charge in [0.1, 0.15) is 11.5 Å². The van der Waals surface area contributed by atoms with Gasteiger partial charge in [0, 0.05) is 25.2 Å². The van der Waals surface area contributed by atoms with Crippen molar-refractivity contribution in [3.8, 4) is 0 Å². The smallest absolute Gasteiger partial charge is 0.268 e. The summed E-state index contributed by atoms with van der Waals surface area (Å²) in [6.07, 6.45) is 1.62. The second-order valence-electron chi connectivity index (χ2n) is 6.52. The fraction of sp³-hybridized carbons (Fsp3) is 0.136. The summed E-state index contributed by atoms with van der Waals surface area (Å²) in [6.45, 7) is 2.96. The summed E-state index contributed by atoms with van der Waals surface area (Å²) in [5.41, 5.74) is 5.24. The second kappa shape index (κ2) is 7.11. The number of furan rings is 1. The zero-order valence-electron chi connectivity index (χ0n) is 14.9. The lowest BCUT2D eigenvalue weighted by Crippen LogP contribution is -2.25. The van der Waals surface area contributed by atoms with Gasteiger partial charge in [-0.05, 0) is 35.7 Å². The van der Waals surface area contributed by atoms with E-state index >= 15 is 0 Å². The largest absolute Gasteiger partial charge is 0.463 e. The van der Waals surface area contributed by atoms with E-state index in [4.69, 9.17) is 4.42 Å². The van der Waals surface area contributed by atoms with E-state index in [2.05, 4.69) is 24.4 Å². The molecule has 2 heterocycles. The van der Waals surface area contributed by atoms with Gasteiger partial charge in [-0.15, -0.1) is 0 Å². The molecule has 4 nitrogen and oxygen atoms in total. The first kappa shape index (κ1) is 17.1. The van der Waals surface area contributed by atoms with E-state index < -0.39 is 0 Å². The Morgan fingerprint density at radius 2 is 1.89 bits per heavy atom. The Hall–Kier alpha value is -3.34. The lowest BCUT2D eigenvalue weighted by Gasteiger charge is -2.12. The predicted molar refractivity (Wildman–Crippen MR) is 102 cm³/mol. The maximum Gasteiger partial charge on any atom is 0.268 e. The molecule has 0 radical (unpaired) electrons. The molecule has 1 N–H and O–H groups in total. The van der Waals surface area contributed by atoms with Crippen molar-refractivity contribution >= 4 is 17.0 Å². The Morgan fingerprint density at radius 1 is 1.11 bits per heavy atom. The number of nitrogens with zero attached hydrogens (tertiary/aromatic N) is 1. The molecule has 5 heteroatoms. The second-order valence-corrected chi connectivity index (χ2v) is 6.52. The number of aryl methyl sites for hydroxylation is 1. The number of nitrogens with one attached hydrogen (secondary N) is 1.